The number of aryl methyl sites for hydroxylation is 2. The van der Waals surface area contributed by atoms with Crippen LogP contribution < -0.4 is 10.2 Å². The summed E-state index contributed by atoms with van der Waals surface area (Å²) in [5, 5.41) is 11.8. The first kappa shape index (κ1) is 20.8. The first-order valence-electron chi connectivity index (χ1n) is 9.86. The maximum absolute atomic E-state index is 12.7. The van der Waals surface area contributed by atoms with E-state index < -0.39 is 0 Å². The number of rotatable bonds is 6. The van der Waals surface area contributed by atoms with Crippen LogP contribution in [0.1, 0.15) is 18.5 Å². The Labute approximate surface area is 171 Å². The van der Waals surface area contributed by atoms with Crippen molar-refractivity contribution >= 4 is 17.6 Å². The van der Waals surface area contributed by atoms with E-state index in [1.165, 1.54) is 0 Å². The molecule has 0 bridgehead atoms. The summed E-state index contributed by atoms with van der Waals surface area (Å²) in [5.41, 5.74) is 1.96. The molecule has 2 aromatic heterocycles. The van der Waals surface area contributed by atoms with Gasteiger partial charge in [-0.3, -0.25) is 19.2 Å². The van der Waals surface area contributed by atoms with E-state index in [4.69, 9.17) is 4.99 Å². The van der Waals surface area contributed by atoms with Crippen LogP contribution in [0.4, 0.5) is 5.69 Å². The Bertz CT molecular complexity index is 853. The average molecular weight is 402 g/mol. The van der Waals surface area contributed by atoms with Crippen molar-refractivity contribution in [2.75, 3.05) is 51.7 Å². The van der Waals surface area contributed by atoms with Crippen molar-refractivity contribution in [2.24, 2.45) is 19.1 Å². The topological polar surface area (TPSA) is 86.8 Å². The number of piperazine rings is 1. The highest BCUT2D eigenvalue weighted by Crippen LogP contribution is 2.19. The Hall–Kier alpha value is -2.88. The Balaban J connectivity index is 1.71. The number of hydrogen-bond acceptors (Lipinski definition) is 5. The summed E-state index contributed by atoms with van der Waals surface area (Å²) < 4.78 is 3.51. The van der Waals surface area contributed by atoms with Gasteiger partial charge in [0.05, 0.1) is 30.7 Å². The van der Waals surface area contributed by atoms with E-state index in [1.54, 1.807) is 20.5 Å². The molecule has 29 heavy (non-hydrogen) atoms. The second-order valence-corrected chi connectivity index (χ2v) is 7.46. The van der Waals surface area contributed by atoms with Crippen molar-refractivity contribution in [3.05, 3.63) is 30.4 Å². The molecule has 1 fully saturated rings. The van der Waals surface area contributed by atoms with E-state index in [-0.39, 0.29) is 11.9 Å². The molecular formula is C19H31N9O. The van der Waals surface area contributed by atoms with Crippen LogP contribution in [0.2, 0.25) is 0 Å². The Kier molecular flexibility index (Phi) is 6.53. The monoisotopic (exact) mass is 401 g/mol. The quantitative estimate of drug-likeness (QED) is 0.545. The summed E-state index contributed by atoms with van der Waals surface area (Å²) in [7, 11) is 7.84. The molecule has 1 aliphatic rings. The van der Waals surface area contributed by atoms with Gasteiger partial charge in [-0.1, -0.05) is 0 Å². The minimum atomic E-state index is 0.0475. The molecule has 1 atom stereocenters. The lowest BCUT2D eigenvalue weighted by atomic mass is 10.1. The Morgan fingerprint density at radius 1 is 1.21 bits per heavy atom. The van der Waals surface area contributed by atoms with E-state index in [1.807, 2.05) is 58.6 Å². The zero-order valence-electron chi connectivity index (χ0n) is 17.9. The van der Waals surface area contributed by atoms with Gasteiger partial charge in [-0.25, -0.2) is 0 Å². The first-order chi connectivity index (χ1) is 13.9. The van der Waals surface area contributed by atoms with Gasteiger partial charge in [-0.2, -0.15) is 10.2 Å². The Morgan fingerprint density at radius 3 is 2.48 bits per heavy atom. The van der Waals surface area contributed by atoms with Crippen molar-refractivity contribution in [2.45, 2.75) is 13.0 Å². The van der Waals surface area contributed by atoms with Crippen LogP contribution in [-0.4, -0.2) is 88.0 Å². The number of anilines is 1. The van der Waals surface area contributed by atoms with Gasteiger partial charge in [0.15, 0.2) is 5.96 Å². The molecule has 1 saturated heterocycles. The number of carbonyl (C=O) groups is 1. The third-order valence-electron chi connectivity index (χ3n) is 5.01. The second kappa shape index (κ2) is 9.08. The van der Waals surface area contributed by atoms with Crippen LogP contribution in [0, 0.1) is 0 Å². The van der Waals surface area contributed by atoms with Gasteiger partial charge < -0.3 is 20.0 Å². The highest BCUT2D eigenvalue weighted by molar-refractivity contribution is 5.98. The number of hydrogen-bond donors (Lipinski definition) is 1. The molecule has 1 aliphatic heterocycles. The first-order valence-corrected chi connectivity index (χ1v) is 9.86. The number of nitrogens with one attached hydrogen (secondary N) is 1. The maximum atomic E-state index is 12.7. The van der Waals surface area contributed by atoms with E-state index in [0.29, 0.717) is 26.2 Å². The van der Waals surface area contributed by atoms with E-state index in [0.717, 1.165) is 23.8 Å². The molecule has 3 rings (SSSR count). The van der Waals surface area contributed by atoms with Crippen LogP contribution in [0.5, 0.6) is 0 Å². The third kappa shape index (κ3) is 4.94. The molecule has 0 aliphatic carbocycles. The van der Waals surface area contributed by atoms with Gasteiger partial charge in [0.2, 0.25) is 5.91 Å². The molecule has 1 amide bonds. The minimum Gasteiger partial charge on any atom is -0.357 e. The summed E-state index contributed by atoms with van der Waals surface area (Å²) in [6.45, 7) is 4.97. The van der Waals surface area contributed by atoms with Gasteiger partial charge >= 0.3 is 0 Å². The lowest BCUT2D eigenvalue weighted by Gasteiger charge is -2.35. The summed E-state index contributed by atoms with van der Waals surface area (Å²) in [4.78, 5) is 23.5. The minimum absolute atomic E-state index is 0.0475. The Morgan fingerprint density at radius 2 is 1.93 bits per heavy atom. The molecule has 10 heteroatoms. The standard InChI is InChI=1S/C19H31N9O/c1-6-20-19(21-11-17(24(2)3)15-9-22-25(4)12-15)27-7-8-28(18(29)14-27)16-10-23-26(5)13-16/h9-10,12-13,17H,6-8,11,14H2,1-5H3,(H,20,21). The number of nitrogens with zero attached hydrogens (tertiary/aromatic N) is 8. The molecule has 0 aromatic carbocycles. The summed E-state index contributed by atoms with van der Waals surface area (Å²) >= 11 is 0. The van der Waals surface area contributed by atoms with Crippen LogP contribution in [0.15, 0.2) is 29.8 Å². The highest BCUT2D eigenvalue weighted by atomic mass is 16.2. The molecule has 158 valence electrons. The van der Waals surface area contributed by atoms with E-state index >= 15 is 0 Å². The SMILES string of the molecule is CCNC(=NCC(c1cnn(C)c1)N(C)C)N1CCN(c2cnn(C)c2)C(=O)C1. The molecule has 1 N–H and O–H groups in total. The number of aromatic nitrogens is 4. The number of likely N-dealkylation sites (N-methyl/N-ethyl adjacent to an activating group) is 1. The second-order valence-electron chi connectivity index (χ2n) is 7.46. The summed E-state index contributed by atoms with van der Waals surface area (Å²) in [6, 6.07) is 0.115. The number of aliphatic imine (C=N–C) groups is 1. The van der Waals surface area contributed by atoms with Crippen molar-refractivity contribution < 1.29 is 4.79 Å². The van der Waals surface area contributed by atoms with E-state index in [2.05, 4.69) is 20.4 Å². The normalized spacial score (nSPS) is 16.6. The van der Waals surface area contributed by atoms with Gasteiger partial charge in [0, 0.05) is 51.7 Å². The van der Waals surface area contributed by atoms with Crippen LogP contribution >= 0.6 is 0 Å². The number of amides is 1. The smallest absolute Gasteiger partial charge is 0.246 e. The third-order valence-corrected chi connectivity index (χ3v) is 5.01. The average Bonchev–Trinajstić information content (AvgIpc) is 3.29. The predicted molar refractivity (Wildman–Crippen MR) is 113 cm³/mol. The van der Waals surface area contributed by atoms with Crippen LogP contribution in [0.3, 0.4) is 0 Å². The molecule has 1 unspecified atom stereocenters. The van der Waals surface area contributed by atoms with Crippen LogP contribution in [-0.2, 0) is 18.9 Å². The van der Waals surface area contributed by atoms with Gasteiger partial charge in [0.25, 0.3) is 0 Å². The molecule has 10 nitrogen and oxygen atoms in total. The zero-order valence-corrected chi connectivity index (χ0v) is 17.9. The van der Waals surface area contributed by atoms with E-state index in [9.17, 15) is 4.79 Å². The predicted octanol–water partition coefficient (Wildman–Crippen LogP) is 0.0706. The summed E-state index contributed by atoms with van der Waals surface area (Å²) in [6.07, 6.45) is 7.48. The largest absolute Gasteiger partial charge is 0.357 e. The lowest BCUT2D eigenvalue weighted by molar-refractivity contribution is -0.120. The molecule has 0 radical (unpaired) electrons. The van der Waals surface area contributed by atoms with Gasteiger partial charge in [-0.15, -0.1) is 0 Å². The van der Waals surface area contributed by atoms with Gasteiger partial charge in [-0.05, 0) is 21.0 Å². The summed E-state index contributed by atoms with van der Waals surface area (Å²) in [5.74, 6) is 0.814. The zero-order chi connectivity index (χ0) is 21.0. The van der Waals surface area contributed by atoms with Crippen LogP contribution in [0.25, 0.3) is 0 Å². The maximum Gasteiger partial charge on any atom is 0.246 e. The molecular weight excluding hydrogens is 370 g/mol. The lowest BCUT2D eigenvalue weighted by Crippen LogP contribution is -2.55. The molecule has 0 saturated carbocycles. The fourth-order valence-electron chi connectivity index (χ4n) is 3.45. The highest BCUT2D eigenvalue weighted by Gasteiger charge is 2.28. The molecule has 0 spiro atoms. The van der Waals surface area contributed by atoms with Crippen molar-refractivity contribution in [3.63, 3.8) is 0 Å². The van der Waals surface area contributed by atoms with Crippen molar-refractivity contribution in [1.82, 2.24) is 34.7 Å². The number of carbonyl (C=O) groups excluding carboxylic acids is 1. The fourth-order valence-corrected chi connectivity index (χ4v) is 3.45. The molecule has 2 aromatic rings. The number of guanidine groups is 1. The van der Waals surface area contributed by atoms with Crippen molar-refractivity contribution in [3.8, 4) is 0 Å². The van der Waals surface area contributed by atoms with Crippen molar-refractivity contribution in [1.29, 1.82) is 0 Å². The fraction of sp³-hybridized carbons (Fsp3) is 0.579. The molecule has 3 heterocycles. The van der Waals surface area contributed by atoms with Gasteiger partial charge in [0.1, 0.15) is 6.54 Å².